The number of allylic oxidation sites excluding steroid dienone is 1. The number of rotatable bonds is 7. The minimum atomic E-state index is -0.252. The molecule has 3 rings (SSSR count). The van der Waals surface area contributed by atoms with E-state index in [4.69, 9.17) is 4.74 Å². The molecule has 2 heterocycles. The van der Waals surface area contributed by atoms with Crippen LogP contribution >= 0.6 is 15.9 Å². The summed E-state index contributed by atoms with van der Waals surface area (Å²) in [5.74, 6) is 0.279. The van der Waals surface area contributed by atoms with Gasteiger partial charge in [0.05, 0.1) is 6.61 Å². The van der Waals surface area contributed by atoms with Crippen LogP contribution in [0.3, 0.4) is 0 Å². The van der Waals surface area contributed by atoms with Gasteiger partial charge in [0.2, 0.25) is 12.2 Å². The van der Waals surface area contributed by atoms with Gasteiger partial charge in [0.1, 0.15) is 18.0 Å². The smallest absolute Gasteiger partial charge is 0.318 e. The lowest BCUT2D eigenvalue weighted by Crippen LogP contribution is -3.06. The number of aliphatic imine (C=N–C) groups is 1. The van der Waals surface area contributed by atoms with Crippen molar-refractivity contribution in [3.63, 3.8) is 0 Å². The van der Waals surface area contributed by atoms with E-state index in [0.717, 1.165) is 10.2 Å². The highest BCUT2D eigenvalue weighted by atomic mass is 79.9. The number of benzene rings is 1. The fraction of sp³-hybridized carbons (Fsp3) is 0.294. The van der Waals surface area contributed by atoms with E-state index in [-0.39, 0.29) is 18.4 Å². The molecule has 136 valence electrons. The minimum Gasteiger partial charge on any atom is -0.493 e. The van der Waals surface area contributed by atoms with Gasteiger partial charge >= 0.3 is 5.91 Å². The second kappa shape index (κ2) is 8.24. The number of amides is 2. The average Bonchev–Trinajstić information content (AvgIpc) is 2.99. The molecule has 26 heavy (non-hydrogen) atoms. The number of carbonyl (C=O) groups excluding carboxylic acids is 2. The predicted molar refractivity (Wildman–Crippen MR) is 99.6 cm³/mol. The highest BCUT2D eigenvalue weighted by Gasteiger charge is 2.37. The summed E-state index contributed by atoms with van der Waals surface area (Å²) in [6.45, 7) is 2.64. The number of hydrogen-bond acceptors (Lipinski definition) is 5. The third-order valence-electron chi connectivity index (χ3n) is 3.83. The monoisotopic (exact) mass is 420 g/mol. The topological polar surface area (TPSA) is 87.8 Å². The summed E-state index contributed by atoms with van der Waals surface area (Å²) in [5, 5.41) is 7.49. The Hall–Kier alpha value is -2.52. The van der Waals surface area contributed by atoms with Gasteiger partial charge in [-0.15, -0.1) is 5.01 Å². The van der Waals surface area contributed by atoms with Gasteiger partial charge in [-0.05, 0) is 31.5 Å². The van der Waals surface area contributed by atoms with E-state index in [1.165, 1.54) is 11.2 Å². The standard InChI is InChI=1S/C17H18BrN5O3/c1-12-16-17(25)22(11-21-23(16)10-20-12)9-15(24)19-6-3-7-26-14-5-2-4-13(18)8-14/h2,4-5,8,10-11H,3,6-7,9H2,1H3,(H,19,24)/p+1. The molecule has 8 nitrogen and oxygen atoms in total. The normalized spacial score (nSPS) is 18.3. The lowest BCUT2D eigenvalue weighted by Gasteiger charge is -2.21. The number of nitrogens with one attached hydrogen (secondary N) is 2. The molecule has 2 N–H and O–H groups in total. The number of ether oxygens (including phenoxy) is 1. The van der Waals surface area contributed by atoms with Crippen LogP contribution in [0.4, 0.5) is 0 Å². The molecule has 0 saturated carbocycles. The molecule has 2 aliphatic heterocycles. The van der Waals surface area contributed by atoms with E-state index in [2.05, 4.69) is 31.3 Å². The molecule has 2 aliphatic rings. The third-order valence-corrected chi connectivity index (χ3v) is 4.32. The van der Waals surface area contributed by atoms with Crippen molar-refractivity contribution in [2.24, 2.45) is 10.1 Å². The van der Waals surface area contributed by atoms with Crippen LogP contribution in [0.15, 0.2) is 50.2 Å². The van der Waals surface area contributed by atoms with Crippen molar-refractivity contribution < 1.29 is 19.3 Å². The van der Waals surface area contributed by atoms with Crippen LogP contribution < -0.4 is 15.1 Å². The Morgan fingerprint density at radius 3 is 3.08 bits per heavy atom. The number of hydrogen-bond donors (Lipinski definition) is 2. The number of nitrogens with zero attached hydrogens (tertiary/aromatic N) is 3. The fourth-order valence-corrected chi connectivity index (χ4v) is 2.91. The quantitative estimate of drug-likeness (QED) is 0.620. The average molecular weight is 421 g/mol. The Bertz CT molecular complexity index is 805. The van der Waals surface area contributed by atoms with E-state index >= 15 is 0 Å². The van der Waals surface area contributed by atoms with Gasteiger partial charge < -0.3 is 10.1 Å². The van der Waals surface area contributed by atoms with Crippen LogP contribution in [0.1, 0.15) is 13.3 Å². The molecule has 0 radical (unpaired) electrons. The summed E-state index contributed by atoms with van der Waals surface area (Å²) >= 11 is 3.38. The summed E-state index contributed by atoms with van der Waals surface area (Å²) in [5.41, 5.74) is 1.08. The van der Waals surface area contributed by atoms with E-state index in [1.54, 1.807) is 13.3 Å². The van der Waals surface area contributed by atoms with E-state index in [9.17, 15) is 9.59 Å². The molecule has 0 fully saturated rings. The highest BCUT2D eigenvalue weighted by Crippen LogP contribution is 2.17. The van der Waals surface area contributed by atoms with Crippen molar-refractivity contribution in [2.45, 2.75) is 13.3 Å². The molecule has 1 unspecified atom stereocenters. The molecule has 2 amide bonds. The second-order valence-electron chi connectivity index (χ2n) is 5.79. The molecule has 1 atom stereocenters. The maximum Gasteiger partial charge on any atom is 0.318 e. The lowest BCUT2D eigenvalue weighted by molar-refractivity contribution is -0.756. The summed E-state index contributed by atoms with van der Waals surface area (Å²) in [6.07, 6.45) is 3.60. The van der Waals surface area contributed by atoms with Crippen LogP contribution in [0.5, 0.6) is 5.75 Å². The molecule has 0 saturated heterocycles. The maximum absolute atomic E-state index is 12.4. The second-order valence-corrected chi connectivity index (χ2v) is 6.71. The molecule has 9 heteroatoms. The first-order valence-corrected chi connectivity index (χ1v) is 8.96. The van der Waals surface area contributed by atoms with Gasteiger partial charge in [0.25, 0.3) is 5.70 Å². The number of fused-ring (bicyclic) bond motifs is 1. The third kappa shape index (κ3) is 4.36. The van der Waals surface area contributed by atoms with E-state index < -0.39 is 0 Å². The zero-order valence-corrected chi connectivity index (χ0v) is 15.8. The Morgan fingerprint density at radius 2 is 2.27 bits per heavy atom. The van der Waals surface area contributed by atoms with Gasteiger partial charge in [-0.25, -0.2) is 0 Å². The van der Waals surface area contributed by atoms with Crippen LogP contribution in [0.25, 0.3) is 0 Å². The zero-order chi connectivity index (χ0) is 18.5. The molecular weight excluding hydrogens is 402 g/mol. The fourth-order valence-electron chi connectivity index (χ4n) is 2.53. The molecule has 1 aromatic carbocycles. The predicted octanol–water partition coefficient (Wildman–Crippen LogP) is 0.278. The summed E-state index contributed by atoms with van der Waals surface area (Å²) in [7, 11) is 0. The number of quaternary nitrogens is 1. The molecule has 0 aliphatic carbocycles. The maximum atomic E-state index is 12.4. The largest absolute Gasteiger partial charge is 0.493 e. The van der Waals surface area contributed by atoms with Crippen molar-refractivity contribution in [1.82, 2.24) is 10.2 Å². The summed E-state index contributed by atoms with van der Waals surface area (Å²) < 4.78 is 6.56. The van der Waals surface area contributed by atoms with Crippen LogP contribution in [0.2, 0.25) is 0 Å². The first-order valence-electron chi connectivity index (χ1n) is 8.17. The van der Waals surface area contributed by atoms with Gasteiger partial charge in [0, 0.05) is 11.0 Å². The van der Waals surface area contributed by atoms with Gasteiger partial charge in [0.15, 0.2) is 6.34 Å². The first-order chi connectivity index (χ1) is 12.5. The Labute approximate surface area is 159 Å². The summed E-state index contributed by atoms with van der Waals surface area (Å²) in [4.78, 5) is 29.8. The van der Waals surface area contributed by atoms with Crippen molar-refractivity contribution >= 4 is 40.4 Å². The van der Waals surface area contributed by atoms with E-state index in [1.807, 2.05) is 24.3 Å². The van der Waals surface area contributed by atoms with Crippen molar-refractivity contribution in [2.75, 3.05) is 19.7 Å². The number of carbonyl (C=O) groups is 2. The van der Waals surface area contributed by atoms with Gasteiger partial charge in [-0.2, -0.15) is 4.99 Å². The van der Waals surface area contributed by atoms with Gasteiger partial charge in [-0.1, -0.05) is 27.1 Å². The zero-order valence-electron chi connectivity index (χ0n) is 14.2. The Morgan fingerprint density at radius 1 is 1.42 bits per heavy atom. The number of halogens is 1. The van der Waals surface area contributed by atoms with Crippen LogP contribution in [0, 0.1) is 0 Å². The molecule has 0 aromatic heterocycles. The lowest BCUT2D eigenvalue weighted by atomic mass is 10.3. The Kier molecular flexibility index (Phi) is 5.79. The highest BCUT2D eigenvalue weighted by molar-refractivity contribution is 9.10. The van der Waals surface area contributed by atoms with Crippen molar-refractivity contribution in [3.05, 3.63) is 40.1 Å². The van der Waals surface area contributed by atoms with Crippen molar-refractivity contribution in [1.29, 1.82) is 0 Å². The molecule has 0 spiro atoms. The molecule has 1 aromatic rings. The molecular formula is C17H19BrN5O3+. The minimum absolute atomic E-state index is 0.0706. The Balaban J connectivity index is 1.39. The first kappa shape index (κ1) is 18.3. The van der Waals surface area contributed by atoms with Gasteiger partial charge in [-0.3, -0.25) is 14.5 Å². The van der Waals surface area contributed by atoms with Crippen LogP contribution in [-0.4, -0.2) is 49.1 Å². The molecule has 0 bridgehead atoms. The summed E-state index contributed by atoms with van der Waals surface area (Å²) in [6, 6.07) is 7.58. The van der Waals surface area contributed by atoms with E-state index in [0.29, 0.717) is 36.0 Å². The SMILES string of the molecule is CC1=C2C(=O)N(CC(=O)NCCCOc3cccc(Br)c3)C=N[NH+]2C=N1. The van der Waals surface area contributed by atoms with Crippen molar-refractivity contribution in [3.8, 4) is 5.75 Å². The van der Waals surface area contributed by atoms with Crippen LogP contribution in [-0.2, 0) is 9.59 Å².